The van der Waals surface area contributed by atoms with Crippen LogP contribution in [-0.4, -0.2) is 19.1 Å². The molecule has 2 rings (SSSR count). The van der Waals surface area contributed by atoms with Crippen LogP contribution in [0.4, 0.5) is 0 Å². The van der Waals surface area contributed by atoms with Crippen LogP contribution in [0.2, 0.25) is 0 Å². The fourth-order valence-corrected chi connectivity index (χ4v) is 5.96. The van der Waals surface area contributed by atoms with Crippen molar-refractivity contribution >= 4 is 27.1 Å². The molecule has 1 amide bonds. The Balaban J connectivity index is 2.62. The minimum Gasteiger partial charge on any atom is -0.368 e. The van der Waals surface area contributed by atoms with E-state index in [4.69, 9.17) is 5.73 Å². The van der Waals surface area contributed by atoms with Gasteiger partial charge in [0, 0.05) is 6.42 Å². The van der Waals surface area contributed by atoms with Crippen LogP contribution in [0, 0.1) is 0 Å². The van der Waals surface area contributed by atoms with Gasteiger partial charge < -0.3 is 5.73 Å². The van der Waals surface area contributed by atoms with Crippen LogP contribution in [0.25, 0.3) is 0 Å². The molecule has 0 saturated carbocycles. The van der Waals surface area contributed by atoms with E-state index in [1.807, 2.05) is 6.92 Å². The number of amides is 1. The summed E-state index contributed by atoms with van der Waals surface area (Å²) in [6.45, 7) is 1.85. The molecule has 0 spiro atoms. The van der Waals surface area contributed by atoms with Crippen molar-refractivity contribution in [2.45, 2.75) is 35.1 Å². The van der Waals surface area contributed by atoms with Crippen LogP contribution < -0.4 is 5.73 Å². The van der Waals surface area contributed by atoms with Crippen LogP contribution >= 0.6 is 11.3 Å². The SMILES string of the molecule is CCCC1(C(N)=O)Cc2ccsc2S1(=O)=O. The molecule has 0 saturated heterocycles. The first-order valence-electron chi connectivity index (χ1n) is 5.06. The zero-order valence-corrected chi connectivity index (χ0v) is 10.5. The molecule has 1 aliphatic heterocycles. The van der Waals surface area contributed by atoms with Crippen molar-refractivity contribution in [3.63, 3.8) is 0 Å². The number of carbonyl (C=O) groups is 1. The molecule has 4 nitrogen and oxygen atoms in total. The maximum atomic E-state index is 12.3. The van der Waals surface area contributed by atoms with Gasteiger partial charge in [0.05, 0.1) is 0 Å². The number of nitrogens with two attached hydrogens (primary N) is 1. The van der Waals surface area contributed by atoms with Crippen LogP contribution in [0.5, 0.6) is 0 Å². The first-order chi connectivity index (χ1) is 7.45. The average Bonchev–Trinajstić information content (AvgIpc) is 2.70. The van der Waals surface area contributed by atoms with Gasteiger partial charge >= 0.3 is 0 Å². The summed E-state index contributed by atoms with van der Waals surface area (Å²) in [7, 11) is -3.58. The average molecular weight is 259 g/mol. The highest BCUT2D eigenvalue weighted by molar-refractivity contribution is 7.95. The number of fused-ring (bicyclic) bond motifs is 1. The largest absolute Gasteiger partial charge is 0.368 e. The van der Waals surface area contributed by atoms with E-state index in [0.717, 1.165) is 5.56 Å². The predicted molar refractivity (Wildman–Crippen MR) is 62.0 cm³/mol. The van der Waals surface area contributed by atoms with Gasteiger partial charge in [-0.1, -0.05) is 13.3 Å². The zero-order valence-electron chi connectivity index (χ0n) is 8.89. The quantitative estimate of drug-likeness (QED) is 0.883. The van der Waals surface area contributed by atoms with Gasteiger partial charge in [-0.05, 0) is 23.4 Å². The maximum Gasteiger partial charge on any atom is 0.239 e. The van der Waals surface area contributed by atoms with Crippen molar-refractivity contribution in [1.29, 1.82) is 0 Å². The molecule has 2 heterocycles. The van der Waals surface area contributed by atoms with Crippen LogP contribution in [0.15, 0.2) is 15.7 Å². The lowest BCUT2D eigenvalue weighted by Gasteiger charge is -2.23. The molecule has 2 N–H and O–H groups in total. The number of primary amides is 1. The second-order valence-corrected chi connectivity index (χ2v) is 7.39. The van der Waals surface area contributed by atoms with Gasteiger partial charge in [0.25, 0.3) is 0 Å². The summed E-state index contributed by atoms with van der Waals surface area (Å²) in [5.41, 5.74) is 6.05. The normalized spacial score (nSPS) is 26.6. The first-order valence-corrected chi connectivity index (χ1v) is 7.43. The Morgan fingerprint density at radius 2 is 2.31 bits per heavy atom. The van der Waals surface area contributed by atoms with E-state index < -0.39 is 20.5 Å². The van der Waals surface area contributed by atoms with Gasteiger partial charge in [-0.2, -0.15) is 0 Å². The summed E-state index contributed by atoms with van der Waals surface area (Å²) in [5, 5.41) is 1.74. The lowest BCUT2D eigenvalue weighted by atomic mass is 9.95. The van der Waals surface area contributed by atoms with Crippen molar-refractivity contribution < 1.29 is 13.2 Å². The number of rotatable bonds is 3. The minimum absolute atomic E-state index is 0.233. The zero-order chi connectivity index (χ0) is 12.0. The monoisotopic (exact) mass is 259 g/mol. The molecule has 1 aromatic heterocycles. The van der Waals surface area contributed by atoms with Gasteiger partial charge in [-0.25, -0.2) is 8.42 Å². The first kappa shape index (κ1) is 11.6. The maximum absolute atomic E-state index is 12.3. The smallest absolute Gasteiger partial charge is 0.239 e. The van der Waals surface area contributed by atoms with Crippen molar-refractivity contribution in [3.8, 4) is 0 Å². The topological polar surface area (TPSA) is 77.2 Å². The molecule has 16 heavy (non-hydrogen) atoms. The van der Waals surface area contributed by atoms with Gasteiger partial charge in [0.1, 0.15) is 4.21 Å². The van der Waals surface area contributed by atoms with Crippen LogP contribution in [0.1, 0.15) is 25.3 Å². The number of hydrogen-bond acceptors (Lipinski definition) is 4. The van der Waals surface area contributed by atoms with Crippen molar-refractivity contribution in [2.75, 3.05) is 0 Å². The van der Waals surface area contributed by atoms with Gasteiger partial charge in [0.15, 0.2) is 4.75 Å². The minimum atomic E-state index is -3.58. The number of carbonyl (C=O) groups excluding carboxylic acids is 1. The summed E-state index contributed by atoms with van der Waals surface area (Å²) in [4.78, 5) is 11.5. The molecule has 1 aliphatic rings. The Kier molecular flexibility index (Phi) is 2.58. The van der Waals surface area contributed by atoms with E-state index in [9.17, 15) is 13.2 Å². The highest BCUT2D eigenvalue weighted by Gasteiger charge is 2.55. The van der Waals surface area contributed by atoms with E-state index in [0.29, 0.717) is 17.1 Å². The van der Waals surface area contributed by atoms with Gasteiger partial charge in [-0.3, -0.25) is 4.79 Å². The summed E-state index contributed by atoms with van der Waals surface area (Å²) < 4.78 is 23.5. The van der Waals surface area contributed by atoms with Crippen LogP contribution in [0.3, 0.4) is 0 Å². The Hall–Kier alpha value is -0.880. The Morgan fingerprint density at radius 1 is 1.62 bits per heavy atom. The molecule has 6 heteroatoms. The lowest BCUT2D eigenvalue weighted by molar-refractivity contribution is -0.120. The molecular formula is C10H13NO3S2. The second-order valence-electron chi connectivity index (χ2n) is 4.02. The summed E-state index contributed by atoms with van der Waals surface area (Å²) in [6, 6.07) is 1.76. The molecule has 0 aromatic carbocycles. The molecule has 1 atom stereocenters. The number of thiophene rings is 1. The third-order valence-corrected chi connectivity index (χ3v) is 7.07. The Labute approximate surface area is 98.4 Å². The fraction of sp³-hybridized carbons (Fsp3) is 0.500. The lowest BCUT2D eigenvalue weighted by Crippen LogP contribution is -2.48. The summed E-state index contributed by atoms with van der Waals surface area (Å²) in [5.74, 6) is -0.724. The van der Waals surface area contributed by atoms with Crippen molar-refractivity contribution in [3.05, 3.63) is 17.0 Å². The molecule has 88 valence electrons. The highest BCUT2D eigenvalue weighted by atomic mass is 32.2. The van der Waals surface area contributed by atoms with E-state index in [1.54, 1.807) is 11.4 Å². The molecule has 0 radical (unpaired) electrons. The summed E-state index contributed by atoms with van der Waals surface area (Å²) >= 11 is 1.17. The summed E-state index contributed by atoms with van der Waals surface area (Å²) in [6.07, 6.45) is 1.15. The molecule has 1 aromatic rings. The third kappa shape index (κ3) is 1.26. The molecule has 0 bridgehead atoms. The molecular weight excluding hydrogens is 246 g/mol. The van der Waals surface area contributed by atoms with Gasteiger partial charge in [-0.15, -0.1) is 11.3 Å². The van der Waals surface area contributed by atoms with Crippen molar-refractivity contribution in [1.82, 2.24) is 0 Å². The second kappa shape index (κ2) is 3.56. The van der Waals surface area contributed by atoms with Gasteiger partial charge in [0.2, 0.25) is 15.7 Å². The number of hydrogen-bond donors (Lipinski definition) is 1. The van der Waals surface area contributed by atoms with Crippen LogP contribution in [-0.2, 0) is 21.1 Å². The molecule has 0 fully saturated rings. The van der Waals surface area contributed by atoms with E-state index in [1.165, 1.54) is 11.3 Å². The standard InChI is InChI=1S/C10H13NO3S2/c1-2-4-10(9(11)12)6-7-3-5-15-8(7)16(10,13)14/h3,5H,2,4,6H2,1H3,(H2,11,12). The third-order valence-electron chi connectivity index (χ3n) is 3.04. The Morgan fingerprint density at radius 3 is 2.81 bits per heavy atom. The molecule has 1 unspecified atom stereocenters. The van der Waals surface area contributed by atoms with Crippen molar-refractivity contribution in [2.24, 2.45) is 5.73 Å². The Bertz CT molecular complexity index is 532. The van der Waals surface area contributed by atoms with E-state index >= 15 is 0 Å². The van der Waals surface area contributed by atoms with E-state index in [-0.39, 0.29) is 6.42 Å². The van der Waals surface area contributed by atoms with E-state index in [2.05, 4.69) is 0 Å². The number of sulfone groups is 1. The highest BCUT2D eigenvalue weighted by Crippen LogP contribution is 2.44. The predicted octanol–water partition coefficient (Wildman–Crippen LogP) is 1.10. The fourth-order valence-electron chi connectivity index (χ4n) is 2.24. The molecule has 0 aliphatic carbocycles.